The van der Waals surface area contributed by atoms with Crippen molar-refractivity contribution in [2.45, 2.75) is 32.5 Å². The van der Waals surface area contributed by atoms with Gasteiger partial charge in [0.25, 0.3) is 0 Å². The van der Waals surface area contributed by atoms with Crippen LogP contribution in [0.4, 0.5) is 13.2 Å². The van der Waals surface area contributed by atoms with Crippen LogP contribution in [-0.2, 0) is 0 Å². The number of hydrogen-bond acceptors (Lipinski definition) is 2. The number of carbonyl (C=O) groups is 1. The van der Waals surface area contributed by atoms with Crippen LogP contribution in [-0.4, -0.2) is 36.0 Å². The van der Waals surface area contributed by atoms with Gasteiger partial charge >= 0.3 is 6.18 Å². The fourth-order valence-corrected chi connectivity index (χ4v) is 2.26. The summed E-state index contributed by atoms with van der Waals surface area (Å²) in [5, 5.41) is 0.384. The van der Waals surface area contributed by atoms with E-state index in [1.807, 2.05) is 0 Å². The topological polar surface area (TPSA) is 20.3 Å². The molecule has 0 saturated carbocycles. The lowest BCUT2D eigenvalue weighted by Crippen LogP contribution is -2.40. The molecule has 0 fully saturated rings. The van der Waals surface area contributed by atoms with E-state index in [1.165, 1.54) is 11.0 Å². The number of alkyl halides is 3. The van der Waals surface area contributed by atoms with Gasteiger partial charge in [0.2, 0.25) is 0 Å². The minimum Gasteiger partial charge on any atom is -0.294 e. The maximum Gasteiger partial charge on any atom is 0.401 e. The van der Waals surface area contributed by atoms with E-state index in [1.54, 1.807) is 26.0 Å². The van der Waals surface area contributed by atoms with E-state index in [0.717, 1.165) is 0 Å². The zero-order chi connectivity index (χ0) is 16.2. The molecule has 1 rings (SSSR count). The summed E-state index contributed by atoms with van der Waals surface area (Å²) < 4.78 is 37.4. The van der Waals surface area contributed by atoms with Gasteiger partial charge in [0.05, 0.1) is 16.6 Å². The first kappa shape index (κ1) is 18.3. The first-order valence-electron chi connectivity index (χ1n) is 6.40. The minimum atomic E-state index is -4.29. The van der Waals surface area contributed by atoms with Gasteiger partial charge < -0.3 is 0 Å². The van der Waals surface area contributed by atoms with Crippen LogP contribution in [0.15, 0.2) is 18.2 Å². The number of nitrogens with zero attached hydrogens (tertiary/aromatic N) is 1. The summed E-state index contributed by atoms with van der Waals surface area (Å²) in [7, 11) is 0. The van der Waals surface area contributed by atoms with Crippen LogP contribution in [0.5, 0.6) is 0 Å². The molecule has 1 aromatic rings. The third kappa shape index (κ3) is 5.85. The van der Waals surface area contributed by atoms with Crippen molar-refractivity contribution in [2.75, 3.05) is 13.1 Å². The van der Waals surface area contributed by atoms with Crippen LogP contribution in [0, 0.1) is 0 Å². The van der Waals surface area contributed by atoms with Crippen molar-refractivity contribution in [3.8, 4) is 0 Å². The van der Waals surface area contributed by atoms with Crippen LogP contribution < -0.4 is 0 Å². The highest BCUT2D eigenvalue weighted by Gasteiger charge is 2.31. The molecule has 7 heteroatoms. The van der Waals surface area contributed by atoms with Crippen LogP contribution in [0.3, 0.4) is 0 Å². The molecule has 0 radical (unpaired) electrons. The quantitative estimate of drug-likeness (QED) is 0.690. The lowest BCUT2D eigenvalue weighted by atomic mass is 10.1. The molecular weight excluding hydrogens is 326 g/mol. The molecule has 1 aromatic carbocycles. The molecule has 0 N–H and O–H groups in total. The molecule has 2 nitrogen and oxygen atoms in total. The van der Waals surface area contributed by atoms with Crippen molar-refractivity contribution < 1.29 is 18.0 Å². The fourth-order valence-electron chi connectivity index (χ4n) is 1.85. The molecule has 0 aliphatic carbocycles. The van der Waals surface area contributed by atoms with Crippen molar-refractivity contribution in [2.24, 2.45) is 0 Å². The second-order valence-corrected chi connectivity index (χ2v) is 5.74. The van der Waals surface area contributed by atoms with Gasteiger partial charge in [-0.05, 0) is 26.0 Å². The second kappa shape index (κ2) is 7.47. The van der Waals surface area contributed by atoms with Crippen LogP contribution in [0.2, 0.25) is 10.0 Å². The summed E-state index contributed by atoms with van der Waals surface area (Å²) in [6.07, 6.45) is -4.34. The molecule has 0 atom stereocenters. The van der Waals surface area contributed by atoms with Gasteiger partial charge in [-0.2, -0.15) is 13.2 Å². The highest BCUT2D eigenvalue weighted by atomic mass is 35.5. The van der Waals surface area contributed by atoms with Crippen LogP contribution >= 0.6 is 23.2 Å². The fraction of sp³-hybridized carbons (Fsp3) is 0.500. The predicted octanol–water partition coefficient (Wildman–Crippen LogP) is 4.84. The molecule has 0 unspecified atom stereocenters. The Morgan fingerprint density at radius 3 is 2.43 bits per heavy atom. The minimum absolute atomic E-state index is 0.0128. The summed E-state index contributed by atoms with van der Waals surface area (Å²) in [4.78, 5) is 13.3. The number of halogens is 5. The summed E-state index contributed by atoms with van der Waals surface area (Å²) in [6, 6.07) is 4.33. The van der Waals surface area contributed by atoms with Crippen molar-refractivity contribution in [1.82, 2.24) is 4.90 Å². The van der Waals surface area contributed by atoms with Crippen molar-refractivity contribution in [1.29, 1.82) is 0 Å². The predicted molar refractivity (Wildman–Crippen MR) is 78.2 cm³/mol. The van der Waals surface area contributed by atoms with E-state index in [4.69, 9.17) is 23.2 Å². The Balaban J connectivity index is 2.72. The van der Waals surface area contributed by atoms with E-state index < -0.39 is 12.7 Å². The third-order valence-corrected chi connectivity index (χ3v) is 3.81. The normalized spacial score (nSPS) is 12.2. The Hall–Kier alpha value is -0.780. The number of rotatable bonds is 6. The molecule has 0 aliphatic rings. The van der Waals surface area contributed by atoms with E-state index in [-0.39, 0.29) is 40.4 Å². The number of carbonyl (C=O) groups excluding carboxylic acids is 1. The molecule has 0 bridgehead atoms. The first-order valence-corrected chi connectivity index (χ1v) is 7.15. The average Bonchev–Trinajstić information content (AvgIpc) is 2.35. The van der Waals surface area contributed by atoms with Gasteiger partial charge in [0.1, 0.15) is 0 Å². The molecule has 0 saturated heterocycles. The lowest BCUT2D eigenvalue weighted by molar-refractivity contribution is -0.149. The summed E-state index contributed by atoms with van der Waals surface area (Å²) in [5.41, 5.74) is 0.236. The molecular formula is C14H16Cl2F3NO. The van der Waals surface area contributed by atoms with Gasteiger partial charge in [0.15, 0.2) is 5.78 Å². The molecule has 0 spiro atoms. The summed E-state index contributed by atoms with van der Waals surface area (Å²) in [5.74, 6) is -0.324. The van der Waals surface area contributed by atoms with Gasteiger partial charge in [-0.15, -0.1) is 0 Å². The average molecular weight is 342 g/mol. The van der Waals surface area contributed by atoms with Crippen molar-refractivity contribution >= 4 is 29.0 Å². The van der Waals surface area contributed by atoms with Crippen molar-refractivity contribution in [3.63, 3.8) is 0 Å². The van der Waals surface area contributed by atoms with Gasteiger partial charge in [-0.3, -0.25) is 9.69 Å². The maximum absolute atomic E-state index is 12.5. The Morgan fingerprint density at radius 2 is 1.90 bits per heavy atom. The molecule has 118 valence electrons. The lowest BCUT2D eigenvalue weighted by Gasteiger charge is -2.27. The number of benzene rings is 1. The van der Waals surface area contributed by atoms with E-state index in [2.05, 4.69) is 0 Å². The Kier molecular flexibility index (Phi) is 6.50. The summed E-state index contributed by atoms with van der Waals surface area (Å²) >= 11 is 11.7. The van der Waals surface area contributed by atoms with Gasteiger partial charge in [0, 0.05) is 24.6 Å². The van der Waals surface area contributed by atoms with Crippen molar-refractivity contribution in [3.05, 3.63) is 33.8 Å². The monoisotopic (exact) mass is 341 g/mol. The largest absolute Gasteiger partial charge is 0.401 e. The van der Waals surface area contributed by atoms with Gasteiger partial charge in [-0.1, -0.05) is 29.3 Å². The zero-order valence-corrected chi connectivity index (χ0v) is 13.2. The highest BCUT2D eigenvalue weighted by Crippen LogP contribution is 2.26. The number of hydrogen-bond donors (Lipinski definition) is 0. The molecule has 0 heterocycles. The third-order valence-electron chi connectivity index (χ3n) is 2.99. The maximum atomic E-state index is 12.5. The highest BCUT2D eigenvalue weighted by molar-refractivity contribution is 6.43. The molecule has 0 amide bonds. The van der Waals surface area contributed by atoms with E-state index in [9.17, 15) is 18.0 Å². The van der Waals surface area contributed by atoms with Crippen LogP contribution in [0.25, 0.3) is 0 Å². The van der Waals surface area contributed by atoms with E-state index >= 15 is 0 Å². The smallest absolute Gasteiger partial charge is 0.294 e. The molecule has 21 heavy (non-hydrogen) atoms. The Bertz CT molecular complexity index is 503. The zero-order valence-electron chi connectivity index (χ0n) is 11.7. The standard InChI is InChI=1S/C14H16Cl2F3NO/c1-9(2)20(8-14(17,18)19)7-6-12(21)10-4-3-5-11(15)13(10)16/h3-5,9H,6-8H2,1-2H3. The Morgan fingerprint density at radius 1 is 1.29 bits per heavy atom. The SMILES string of the molecule is CC(C)N(CCC(=O)c1cccc(Cl)c1Cl)CC(F)(F)F. The van der Waals surface area contributed by atoms with Crippen LogP contribution in [0.1, 0.15) is 30.6 Å². The molecule has 0 aliphatic heterocycles. The first-order chi connectivity index (χ1) is 9.61. The van der Waals surface area contributed by atoms with E-state index in [0.29, 0.717) is 0 Å². The summed E-state index contributed by atoms with van der Waals surface area (Å²) in [6.45, 7) is 2.28. The van der Waals surface area contributed by atoms with Gasteiger partial charge in [-0.25, -0.2) is 0 Å². The Labute approximate surface area is 131 Å². The number of Topliss-reactive ketones (excluding diaryl/α,β-unsaturated/α-hetero) is 1. The number of ketones is 1. The second-order valence-electron chi connectivity index (χ2n) is 4.95. The molecule has 0 aromatic heterocycles.